The zero-order valence-corrected chi connectivity index (χ0v) is 9.24. The van der Waals surface area contributed by atoms with E-state index in [9.17, 15) is 18.0 Å². The van der Waals surface area contributed by atoms with Crippen LogP contribution in [-0.2, 0) is 17.5 Å². The molecule has 1 aromatic rings. The minimum atomic E-state index is -4.40. The van der Waals surface area contributed by atoms with Crippen molar-refractivity contribution in [1.29, 1.82) is 0 Å². The molecule has 0 aromatic heterocycles. The van der Waals surface area contributed by atoms with E-state index in [0.29, 0.717) is 5.56 Å². The van der Waals surface area contributed by atoms with E-state index in [0.717, 1.165) is 17.1 Å². The van der Waals surface area contributed by atoms with Gasteiger partial charge in [-0.15, -0.1) is 0 Å². The predicted octanol–water partition coefficient (Wildman–Crippen LogP) is 1.71. The molecule has 0 atom stereocenters. The summed E-state index contributed by atoms with van der Waals surface area (Å²) in [6.45, 7) is -0.0105. The van der Waals surface area contributed by atoms with E-state index >= 15 is 0 Å². The summed E-state index contributed by atoms with van der Waals surface area (Å²) in [5.74, 6) is -0.142. The Labute approximate surface area is 101 Å². The third-order valence-electron chi connectivity index (χ3n) is 2.46. The molecular weight excluding hydrogens is 247 g/mol. The molecule has 1 amide bonds. The fourth-order valence-corrected chi connectivity index (χ4v) is 1.63. The molecule has 0 unspecified atom stereocenters. The van der Waals surface area contributed by atoms with Gasteiger partial charge in [0.15, 0.2) is 0 Å². The van der Waals surface area contributed by atoms with Gasteiger partial charge in [0, 0.05) is 0 Å². The molecule has 1 aromatic carbocycles. The number of rotatable bonds is 2. The first-order valence-corrected chi connectivity index (χ1v) is 5.16. The van der Waals surface area contributed by atoms with E-state index in [1.807, 2.05) is 0 Å². The fourth-order valence-electron chi connectivity index (χ4n) is 1.63. The van der Waals surface area contributed by atoms with Gasteiger partial charge in [-0.05, 0) is 17.7 Å². The van der Waals surface area contributed by atoms with Crippen molar-refractivity contribution >= 4 is 11.7 Å². The number of hydrazone groups is 1. The lowest BCUT2D eigenvalue weighted by Crippen LogP contribution is -2.20. The Morgan fingerprint density at radius 1 is 1.39 bits per heavy atom. The summed E-state index contributed by atoms with van der Waals surface area (Å²) < 4.78 is 37.5. The zero-order chi connectivity index (χ0) is 13.3. The maximum atomic E-state index is 12.5. The minimum Gasteiger partial charge on any atom is -0.385 e. The second-order valence-corrected chi connectivity index (χ2v) is 3.92. The first kappa shape index (κ1) is 12.4. The van der Waals surface area contributed by atoms with Crippen LogP contribution in [0.3, 0.4) is 0 Å². The van der Waals surface area contributed by atoms with E-state index in [-0.39, 0.29) is 24.7 Å². The number of hydrogen-bond donors (Lipinski definition) is 1. The lowest BCUT2D eigenvalue weighted by atomic mass is 10.1. The smallest absolute Gasteiger partial charge is 0.385 e. The van der Waals surface area contributed by atoms with Gasteiger partial charge in [-0.2, -0.15) is 18.3 Å². The van der Waals surface area contributed by atoms with E-state index in [1.165, 1.54) is 12.1 Å². The van der Waals surface area contributed by atoms with Crippen LogP contribution in [0.4, 0.5) is 13.2 Å². The Balaban J connectivity index is 2.18. The first-order chi connectivity index (χ1) is 8.36. The summed E-state index contributed by atoms with van der Waals surface area (Å²) in [5.41, 5.74) is 4.99. The average molecular weight is 257 g/mol. The van der Waals surface area contributed by atoms with Crippen LogP contribution < -0.4 is 5.73 Å². The molecule has 4 nitrogen and oxygen atoms in total. The molecule has 1 heterocycles. The number of nitrogens with zero attached hydrogens (tertiary/aromatic N) is 2. The largest absolute Gasteiger partial charge is 0.416 e. The van der Waals surface area contributed by atoms with Crippen molar-refractivity contribution in [2.24, 2.45) is 10.8 Å². The highest BCUT2D eigenvalue weighted by molar-refractivity contribution is 6.02. The number of amides is 1. The second-order valence-electron chi connectivity index (χ2n) is 3.92. The molecule has 1 aliphatic rings. The minimum absolute atomic E-state index is 0.0105. The molecule has 0 saturated heterocycles. The van der Waals surface area contributed by atoms with Gasteiger partial charge in [0.1, 0.15) is 5.84 Å². The first-order valence-electron chi connectivity index (χ1n) is 5.16. The van der Waals surface area contributed by atoms with Crippen molar-refractivity contribution in [3.63, 3.8) is 0 Å². The van der Waals surface area contributed by atoms with Gasteiger partial charge in [-0.1, -0.05) is 12.1 Å². The molecule has 2 N–H and O–H groups in total. The second kappa shape index (κ2) is 4.32. The number of carbonyl (C=O) groups is 1. The molecule has 96 valence electrons. The number of amidine groups is 1. The van der Waals surface area contributed by atoms with Crippen LogP contribution in [0.15, 0.2) is 29.4 Å². The molecule has 0 saturated carbocycles. The van der Waals surface area contributed by atoms with Crippen LogP contribution in [0.1, 0.15) is 17.5 Å². The summed E-state index contributed by atoms with van der Waals surface area (Å²) in [6.07, 6.45) is -4.38. The maximum Gasteiger partial charge on any atom is 0.416 e. The SMILES string of the molecule is NC1=NN(Cc2cccc(C(F)(F)F)c2)C(=O)C1. The molecule has 0 radical (unpaired) electrons. The monoisotopic (exact) mass is 257 g/mol. The maximum absolute atomic E-state index is 12.5. The lowest BCUT2D eigenvalue weighted by Gasteiger charge is -2.13. The van der Waals surface area contributed by atoms with Gasteiger partial charge in [-0.3, -0.25) is 4.79 Å². The van der Waals surface area contributed by atoms with Crippen molar-refractivity contribution in [1.82, 2.24) is 5.01 Å². The highest BCUT2D eigenvalue weighted by atomic mass is 19.4. The van der Waals surface area contributed by atoms with Gasteiger partial charge >= 0.3 is 6.18 Å². The van der Waals surface area contributed by atoms with Crippen molar-refractivity contribution < 1.29 is 18.0 Å². The van der Waals surface area contributed by atoms with Crippen molar-refractivity contribution in [2.75, 3.05) is 0 Å². The van der Waals surface area contributed by atoms with Crippen LogP contribution in [0, 0.1) is 0 Å². The van der Waals surface area contributed by atoms with Gasteiger partial charge in [0.2, 0.25) is 0 Å². The van der Waals surface area contributed by atoms with E-state index in [1.54, 1.807) is 0 Å². The van der Waals surface area contributed by atoms with Crippen molar-refractivity contribution in [3.8, 4) is 0 Å². The van der Waals surface area contributed by atoms with Gasteiger partial charge in [-0.25, -0.2) is 5.01 Å². The van der Waals surface area contributed by atoms with Crippen LogP contribution in [0.2, 0.25) is 0 Å². The van der Waals surface area contributed by atoms with E-state index < -0.39 is 11.7 Å². The third kappa shape index (κ3) is 2.61. The number of benzene rings is 1. The number of halogens is 3. The Hall–Kier alpha value is -2.05. The summed E-state index contributed by atoms with van der Waals surface area (Å²) in [6, 6.07) is 4.78. The van der Waals surface area contributed by atoms with Crippen molar-refractivity contribution in [3.05, 3.63) is 35.4 Å². The Morgan fingerprint density at radius 3 is 2.67 bits per heavy atom. The predicted molar refractivity (Wildman–Crippen MR) is 58.2 cm³/mol. The third-order valence-corrected chi connectivity index (χ3v) is 2.46. The molecule has 2 rings (SSSR count). The molecule has 7 heteroatoms. The highest BCUT2D eigenvalue weighted by Gasteiger charge is 2.30. The summed E-state index contributed by atoms with van der Waals surface area (Å²) in [4.78, 5) is 11.4. The topological polar surface area (TPSA) is 58.7 Å². The normalized spacial score (nSPS) is 16.1. The fraction of sp³-hybridized carbons (Fsp3) is 0.273. The number of nitrogens with two attached hydrogens (primary N) is 1. The molecular formula is C11H10F3N3O. The zero-order valence-electron chi connectivity index (χ0n) is 9.24. The van der Waals surface area contributed by atoms with Crippen molar-refractivity contribution in [2.45, 2.75) is 19.1 Å². The molecule has 0 bridgehead atoms. The van der Waals surface area contributed by atoms with Gasteiger partial charge < -0.3 is 5.73 Å². The van der Waals surface area contributed by atoms with Crippen LogP contribution in [-0.4, -0.2) is 16.8 Å². The Bertz CT molecular complexity index is 511. The number of alkyl halides is 3. The average Bonchev–Trinajstić information content (AvgIpc) is 2.56. The molecule has 1 aliphatic heterocycles. The summed E-state index contributed by atoms with van der Waals surface area (Å²) in [5, 5.41) is 4.83. The van der Waals surface area contributed by atoms with Crippen LogP contribution in [0.25, 0.3) is 0 Å². The summed E-state index contributed by atoms with van der Waals surface area (Å²) in [7, 11) is 0. The Kier molecular flexibility index (Phi) is 2.98. The molecule has 0 aliphatic carbocycles. The van der Waals surface area contributed by atoms with E-state index in [2.05, 4.69) is 5.10 Å². The number of carbonyl (C=O) groups excluding carboxylic acids is 1. The molecule has 0 spiro atoms. The molecule has 0 fully saturated rings. The van der Waals surface area contributed by atoms with Crippen LogP contribution in [0.5, 0.6) is 0 Å². The van der Waals surface area contributed by atoms with Gasteiger partial charge in [0.05, 0.1) is 18.5 Å². The Morgan fingerprint density at radius 2 is 2.11 bits per heavy atom. The lowest BCUT2D eigenvalue weighted by molar-refractivity contribution is -0.137. The quantitative estimate of drug-likeness (QED) is 0.876. The summed E-state index contributed by atoms with van der Waals surface area (Å²) >= 11 is 0. The van der Waals surface area contributed by atoms with Gasteiger partial charge in [0.25, 0.3) is 5.91 Å². The standard InChI is InChI=1S/C11H10F3N3O/c12-11(13,14)8-3-1-2-7(4-8)6-17-10(18)5-9(15)16-17/h1-4H,5-6H2,(H2,15,16). The highest BCUT2D eigenvalue weighted by Crippen LogP contribution is 2.29. The number of hydrogen-bond acceptors (Lipinski definition) is 3. The van der Waals surface area contributed by atoms with Crippen LogP contribution >= 0.6 is 0 Å². The molecule has 18 heavy (non-hydrogen) atoms. The van der Waals surface area contributed by atoms with E-state index in [4.69, 9.17) is 5.73 Å².